The fraction of sp³-hybridized carbons (Fsp3) is 0.300. The summed E-state index contributed by atoms with van der Waals surface area (Å²) in [4.78, 5) is 24.1. The number of sulfonamides is 1. The van der Waals surface area contributed by atoms with Crippen LogP contribution in [0.4, 0.5) is 5.69 Å². The number of rotatable bonds is 6. The van der Waals surface area contributed by atoms with Crippen molar-refractivity contribution in [1.82, 2.24) is 4.72 Å². The van der Waals surface area contributed by atoms with E-state index < -0.39 is 27.6 Å². The van der Waals surface area contributed by atoms with Crippen molar-refractivity contribution in [2.75, 3.05) is 5.32 Å². The Morgan fingerprint density at radius 3 is 2.07 bits per heavy atom. The lowest BCUT2D eigenvalue weighted by Crippen LogP contribution is -2.42. The Hall–Kier alpha value is -2.71. The molecule has 1 unspecified atom stereocenters. The molecule has 2 rings (SSSR count). The molecule has 0 heterocycles. The van der Waals surface area contributed by atoms with Gasteiger partial charge in [0.1, 0.15) is 11.6 Å². The fourth-order valence-electron chi connectivity index (χ4n) is 2.25. The molecule has 0 saturated heterocycles. The van der Waals surface area contributed by atoms with Crippen LogP contribution >= 0.6 is 0 Å². The summed E-state index contributed by atoms with van der Waals surface area (Å²) >= 11 is 0. The number of hydrogen-bond donors (Lipinski definition) is 2. The topological polar surface area (TPSA) is 102 Å². The van der Waals surface area contributed by atoms with Gasteiger partial charge in [-0.1, -0.05) is 18.2 Å². The van der Waals surface area contributed by atoms with E-state index in [9.17, 15) is 18.0 Å². The van der Waals surface area contributed by atoms with Gasteiger partial charge in [0.15, 0.2) is 0 Å². The summed E-state index contributed by atoms with van der Waals surface area (Å²) in [6, 6.07) is 13.3. The molecular formula is C20H24N2O5S. The summed E-state index contributed by atoms with van der Waals surface area (Å²) in [5.74, 6) is -0.962. The third-order valence-corrected chi connectivity index (χ3v) is 5.11. The predicted molar refractivity (Wildman–Crippen MR) is 106 cm³/mol. The normalized spacial score (nSPS) is 12.9. The highest BCUT2D eigenvalue weighted by Gasteiger charge is 2.26. The first-order valence-electron chi connectivity index (χ1n) is 8.69. The molecule has 2 aromatic carbocycles. The highest BCUT2D eigenvalue weighted by Crippen LogP contribution is 2.16. The van der Waals surface area contributed by atoms with Crippen molar-refractivity contribution >= 4 is 27.6 Å². The molecule has 0 aromatic heterocycles. The third kappa shape index (κ3) is 6.17. The van der Waals surface area contributed by atoms with Gasteiger partial charge in [0.2, 0.25) is 10.0 Å². The molecule has 0 radical (unpaired) electrons. The number of amides is 1. The smallest absolute Gasteiger partial charge is 0.324 e. The van der Waals surface area contributed by atoms with E-state index in [1.54, 1.807) is 45.0 Å². The van der Waals surface area contributed by atoms with Gasteiger partial charge in [-0.05, 0) is 64.1 Å². The second-order valence-corrected chi connectivity index (χ2v) is 8.93. The average Bonchev–Trinajstić information content (AvgIpc) is 2.61. The first-order valence-corrected chi connectivity index (χ1v) is 10.2. The molecule has 0 aliphatic carbocycles. The van der Waals surface area contributed by atoms with Crippen LogP contribution in [0.5, 0.6) is 0 Å². The van der Waals surface area contributed by atoms with Gasteiger partial charge in [-0.25, -0.2) is 8.42 Å². The van der Waals surface area contributed by atoms with Gasteiger partial charge in [-0.15, -0.1) is 0 Å². The van der Waals surface area contributed by atoms with Crippen LogP contribution in [0.3, 0.4) is 0 Å². The van der Waals surface area contributed by atoms with Crippen molar-refractivity contribution in [3.05, 3.63) is 60.2 Å². The average molecular weight is 404 g/mol. The molecule has 2 N–H and O–H groups in total. The number of hydrogen-bond acceptors (Lipinski definition) is 5. The molecule has 1 atom stereocenters. The van der Waals surface area contributed by atoms with E-state index in [-0.39, 0.29) is 10.8 Å². The van der Waals surface area contributed by atoms with Gasteiger partial charge < -0.3 is 10.1 Å². The zero-order valence-corrected chi connectivity index (χ0v) is 17.0. The molecule has 0 saturated carbocycles. The molecule has 1 amide bonds. The quantitative estimate of drug-likeness (QED) is 0.721. The monoisotopic (exact) mass is 404 g/mol. The van der Waals surface area contributed by atoms with E-state index in [1.807, 2.05) is 6.07 Å². The Morgan fingerprint density at radius 1 is 0.964 bits per heavy atom. The largest absolute Gasteiger partial charge is 0.459 e. The SMILES string of the molecule is CC(NS(=O)(=O)c1ccc(NC(=O)c2ccccc2)cc1)C(=O)OC(C)(C)C. The molecule has 0 aliphatic heterocycles. The van der Waals surface area contributed by atoms with Crippen LogP contribution in [-0.2, 0) is 19.6 Å². The van der Waals surface area contributed by atoms with E-state index in [0.717, 1.165) is 0 Å². The second-order valence-electron chi connectivity index (χ2n) is 7.22. The Kier molecular flexibility index (Phi) is 6.58. The summed E-state index contributed by atoms with van der Waals surface area (Å²) in [5.41, 5.74) is 0.232. The van der Waals surface area contributed by atoms with Crippen molar-refractivity contribution in [3.63, 3.8) is 0 Å². The summed E-state index contributed by atoms with van der Waals surface area (Å²) in [5, 5.41) is 2.69. The zero-order valence-electron chi connectivity index (χ0n) is 16.2. The number of anilines is 1. The highest BCUT2D eigenvalue weighted by molar-refractivity contribution is 7.89. The molecular weight excluding hydrogens is 380 g/mol. The number of ether oxygens (including phenoxy) is 1. The van der Waals surface area contributed by atoms with Gasteiger partial charge in [0, 0.05) is 11.3 Å². The molecule has 8 heteroatoms. The van der Waals surface area contributed by atoms with E-state index in [0.29, 0.717) is 11.3 Å². The minimum Gasteiger partial charge on any atom is -0.459 e. The Morgan fingerprint density at radius 2 is 1.54 bits per heavy atom. The van der Waals surface area contributed by atoms with Gasteiger partial charge in [0.05, 0.1) is 4.90 Å². The summed E-state index contributed by atoms with van der Waals surface area (Å²) in [7, 11) is -3.92. The number of nitrogens with one attached hydrogen (secondary N) is 2. The van der Waals surface area contributed by atoms with Crippen LogP contribution in [0.15, 0.2) is 59.5 Å². The first kappa shape index (κ1) is 21.6. The van der Waals surface area contributed by atoms with Crippen LogP contribution < -0.4 is 10.0 Å². The van der Waals surface area contributed by atoms with Gasteiger partial charge in [0.25, 0.3) is 5.91 Å². The van der Waals surface area contributed by atoms with Crippen LogP contribution in [0.25, 0.3) is 0 Å². The number of carbonyl (C=O) groups is 2. The van der Waals surface area contributed by atoms with Gasteiger partial charge in [-0.2, -0.15) is 4.72 Å². The van der Waals surface area contributed by atoms with Gasteiger partial charge in [-0.3, -0.25) is 9.59 Å². The molecule has 0 fully saturated rings. The lowest BCUT2D eigenvalue weighted by Gasteiger charge is -2.22. The summed E-state index contributed by atoms with van der Waals surface area (Å²) < 4.78 is 32.4. The van der Waals surface area contributed by atoms with Crippen molar-refractivity contribution in [2.45, 2.75) is 44.2 Å². The number of carbonyl (C=O) groups excluding carboxylic acids is 2. The minimum atomic E-state index is -3.92. The lowest BCUT2D eigenvalue weighted by atomic mass is 10.2. The molecule has 28 heavy (non-hydrogen) atoms. The highest BCUT2D eigenvalue weighted by atomic mass is 32.2. The predicted octanol–water partition coefficient (Wildman–Crippen LogP) is 2.95. The van der Waals surface area contributed by atoms with E-state index in [1.165, 1.54) is 31.2 Å². The Bertz CT molecular complexity index is 933. The van der Waals surface area contributed by atoms with Gasteiger partial charge >= 0.3 is 5.97 Å². The molecule has 7 nitrogen and oxygen atoms in total. The zero-order chi connectivity index (χ0) is 20.9. The van der Waals surface area contributed by atoms with E-state index >= 15 is 0 Å². The minimum absolute atomic E-state index is 0.0272. The van der Waals surface area contributed by atoms with Crippen LogP contribution in [0, 0.1) is 0 Å². The van der Waals surface area contributed by atoms with Crippen molar-refractivity contribution in [3.8, 4) is 0 Å². The van der Waals surface area contributed by atoms with Crippen molar-refractivity contribution in [1.29, 1.82) is 0 Å². The number of benzene rings is 2. The molecule has 0 aliphatic rings. The van der Waals surface area contributed by atoms with Crippen molar-refractivity contribution in [2.24, 2.45) is 0 Å². The van der Waals surface area contributed by atoms with Crippen molar-refractivity contribution < 1.29 is 22.7 Å². The number of esters is 1. The maximum absolute atomic E-state index is 12.5. The molecule has 0 bridgehead atoms. The Balaban J connectivity index is 2.05. The third-order valence-electron chi connectivity index (χ3n) is 3.55. The molecule has 0 spiro atoms. The summed E-state index contributed by atoms with van der Waals surface area (Å²) in [6.07, 6.45) is 0. The van der Waals surface area contributed by atoms with E-state index in [4.69, 9.17) is 4.74 Å². The fourth-order valence-corrected chi connectivity index (χ4v) is 3.44. The van der Waals surface area contributed by atoms with Crippen LogP contribution in [0.1, 0.15) is 38.1 Å². The lowest BCUT2D eigenvalue weighted by molar-refractivity contribution is -0.156. The molecule has 2 aromatic rings. The van der Waals surface area contributed by atoms with Crippen LogP contribution in [0.2, 0.25) is 0 Å². The first-order chi connectivity index (χ1) is 13.0. The summed E-state index contributed by atoms with van der Waals surface area (Å²) in [6.45, 7) is 6.53. The van der Waals surface area contributed by atoms with Crippen LogP contribution in [-0.4, -0.2) is 31.9 Å². The maximum Gasteiger partial charge on any atom is 0.324 e. The maximum atomic E-state index is 12.5. The van der Waals surface area contributed by atoms with E-state index in [2.05, 4.69) is 10.0 Å². The molecule has 150 valence electrons. The Labute approximate surface area is 165 Å². The standard InChI is InChI=1S/C20H24N2O5S/c1-14(19(24)27-20(2,3)4)22-28(25,26)17-12-10-16(11-13-17)21-18(23)15-8-6-5-7-9-15/h5-14,22H,1-4H3,(H,21,23). The second kappa shape index (κ2) is 8.53.